The minimum absolute atomic E-state index is 0.0939. The quantitative estimate of drug-likeness (QED) is 0.0169. The van der Waals surface area contributed by atoms with Crippen LogP contribution >= 0.6 is 15.6 Å². The number of hydrogen-bond donors (Lipinski definition) is 3. The summed E-state index contributed by atoms with van der Waals surface area (Å²) in [6.45, 7) is 4.62. The third-order valence-electron chi connectivity index (χ3n) is 16.8. The smallest absolute Gasteiger partial charge is 0.462 e. The highest BCUT2D eigenvalue weighted by molar-refractivity contribution is 7.47. The second-order valence-corrected chi connectivity index (χ2v) is 29.6. The Hall–Kier alpha value is -4.28. The molecule has 17 nitrogen and oxygen atoms in total. The van der Waals surface area contributed by atoms with Crippen LogP contribution in [0.3, 0.4) is 0 Å². The van der Waals surface area contributed by atoms with Crippen LogP contribution in [0.5, 0.6) is 0 Å². The van der Waals surface area contributed by atoms with Crippen LogP contribution in [0.4, 0.5) is 0 Å². The van der Waals surface area contributed by atoms with Gasteiger partial charge in [0, 0.05) is 19.3 Å². The summed E-state index contributed by atoms with van der Waals surface area (Å²) in [4.78, 5) is 72.9. The number of hydrogen-bond acceptors (Lipinski definition) is 15. The number of carbonyl (C=O) groups excluding carboxylic acids is 4. The van der Waals surface area contributed by atoms with E-state index in [2.05, 4.69) is 113 Å². The minimum atomic E-state index is -5.00. The molecule has 0 aromatic heterocycles. The lowest BCUT2D eigenvalue weighted by molar-refractivity contribution is -0.161. The first-order chi connectivity index (χ1) is 49.7. The fourth-order valence-electron chi connectivity index (χ4n) is 10.7. The summed E-state index contributed by atoms with van der Waals surface area (Å²) < 4.78 is 68.4. The Labute approximate surface area is 619 Å². The predicted octanol–water partition coefficient (Wildman–Crippen LogP) is 23.3. The number of phosphoric acid groups is 2. The molecule has 0 saturated heterocycles. The van der Waals surface area contributed by atoms with Crippen molar-refractivity contribution in [1.29, 1.82) is 0 Å². The molecule has 0 aromatic rings. The van der Waals surface area contributed by atoms with Crippen molar-refractivity contribution in [2.75, 3.05) is 39.6 Å². The van der Waals surface area contributed by atoms with Gasteiger partial charge in [-0.15, -0.1) is 0 Å². The van der Waals surface area contributed by atoms with E-state index in [1.165, 1.54) is 109 Å². The summed E-state index contributed by atoms with van der Waals surface area (Å²) in [5, 5.41) is 10.6. The Morgan fingerprint density at radius 3 is 0.902 bits per heavy atom. The van der Waals surface area contributed by atoms with E-state index in [1.54, 1.807) is 12.2 Å². The van der Waals surface area contributed by atoms with Crippen molar-refractivity contribution in [3.8, 4) is 0 Å². The van der Waals surface area contributed by atoms with Gasteiger partial charge in [0.25, 0.3) is 0 Å². The number of esters is 4. The Morgan fingerprint density at radius 1 is 0.294 bits per heavy atom. The number of aliphatic hydroxyl groups excluding tert-OH is 1. The van der Waals surface area contributed by atoms with E-state index in [0.29, 0.717) is 25.7 Å². The van der Waals surface area contributed by atoms with Gasteiger partial charge >= 0.3 is 39.5 Å². The van der Waals surface area contributed by atoms with Crippen molar-refractivity contribution < 1.29 is 80.2 Å². The molecule has 0 aliphatic rings. The van der Waals surface area contributed by atoms with Gasteiger partial charge < -0.3 is 33.8 Å². The Balaban J connectivity index is 5.41. The number of rotatable bonds is 75. The standard InChI is InChI=1S/C83H144O17P2/c1-5-9-13-17-21-25-29-33-36-37-38-39-42-45-48-52-56-60-64-68-81(86)94-74-79(100-83(88)70-66-62-58-54-50-46-41-35-31-27-23-19-15-11-7-3)76-98-102(91,92)96-72-77(84)71-95-101(89,90)97-75-78(99-82(87)69-65-61-57-53-49-43-32-28-24-20-16-12-8-4)73-93-80(85)67-63-59-55-51-47-44-40-34-30-26-22-18-14-10-6-2/h11,15,21,23,25,27,33-36,38-41,50,54,62,66,77-79,84H,5-10,12-14,16-20,22,24,26,28-32,37,42-49,51-53,55-61,63-65,67-76H2,1-4H3,(H,89,90)(H,91,92)/b15-11-,25-21-,27-23-,36-33-,39-38-,40-34-,41-35-,54-50-,66-62-. The second kappa shape index (κ2) is 75.0. The number of phosphoric ester groups is 2. The molecule has 0 rings (SSSR count). The molecule has 5 unspecified atom stereocenters. The number of allylic oxidation sites excluding steroid dienone is 17. The molecule has 5 atom stereocenters. The maximum absolute atomic E-state index is 13.1. The maximum atomic E-state index is 13.1. The van der Waals surface area contributed by atoms with Gasteiger partial charge in [0.15, 0.2) is 12.2 Å². The molecular formula is C83H144O17P2. The lowest BCUT2D eigenvalue weighted by Crippen LogP contribution is -2.30. The van der Waals surface area contributed by atoms with E-state index < -0.39 is 97.5 Å². The van der Waals surface area contributed by atoms with Crippen LogP contribution in [-0.2, 0) is 65.4 Å². The van der Waals surface area contributed by atoms with Crippen LogP contribution in [0.2, 0.25) is 0 Å². The van der Waals surface area contributed by atoms with Gasteiger partial charge in [0.05, 0.1) is 32.8 Å². The number of unbranched alkanes of at least 4 members (excludes halogenated alkanes) is 32. The molecule has 0 saturated carbocycles. The van der Waals surface area contributed by atoms with E-state index in [1.807, 2.05) is 12.2 Å². The van der Waals surface area contributed by atoms with Crippen molar-refractivity contribution in [3.63, 3.8) is 0 Å². The zero-order valence-corrected chi connectivity index (χ0v) is 66.0. The molecular weight excluding hydrogens is 1330 g/mol. The van der Waals surface area contributed by atoms with E-state index in [9.17, 15) is 43.2 Å². The van der Waals surface area contributed by atoms with E-state index in [0.717, 1.165) is 148 Å². The highest BCUT2D eigenvalue weighted by atomic mass is 31.2. The van der Waals surface area contributed by atoms with Gasteiger partial charge in [-0.05, 0) is 116 Å². The molecule has 0 aromatic carbocycles. The molecule has 3 N–H and O–H groups in total. The van der Waals surface area contributed by atoms with Crippen molar-refractivity contribution in [2.45, 2.75) is 354 Å². The van der Waals surface area contributed by atoms with Crippen molar-refractivity contribution >= 4 is 39.5 Å². The van der Waals surface area contributed by atoms with Crippen LogP contribution in [0.25, 0.3) is 0 Å². The molecule has 0 aliphatic heterocycles. The number of ether oxygens (including phenoxy) is 4. The lowest BCUT2D eigenvalue weighted by atomic mass is 10.0. The van der Waals surface area contributed by atoms with Gasteiger partial charge in [0.2, 0.25) is 0 Å². The topological polar surface area (TPSA) is 237 Å². The molecule has 0 spiro atoms. The monoisotopic (exact) mass is 1470 g/mol. The summed E-state index contributed by atoms with van der Waals surface area (Å²) in [5.74, 6) is -2.33. The average molecular weight is 1480 g/mol. The van der Waals surface area contributed by atoms with E-state index >= 15 is 0 Å². The fourth-order valence-corrected chi connectivity index (χ4v) is 12.2. The van der Waals surface area contributed by atoms with Gasteiger partial charge in [-0.2, -0.15) is 0 Å². The normalized spacial score (nSPS) is 14.5. The highest BCUT2D eigenvalue weighted by Gasteiger charge is 2.30. The average Bonchev–Trinajstić information content (AvgIpc) is 0.907. The van der Waals surface area contributed by atoms with E-state index in [4.69, 9.17) is 37.0 Å². The summed E-state index contributed by atoms with van der Waals surface area (Å²) in [6, 6.07) is 0. The number of aliphatic hydroxyl groups is 1. The Bertz CT molecular complexity index is 2360. The molecule has 0 fully saturated rings. The molecule has 102 heavy (non-hydrogen) atoms. The van der Waals surface area contributed by atoms with Crippen LogP contribution in [0.15, 0.2) is 109 Å². The molecule has 0 amide bonds. The SMILES string of the molecule is CC/C=C\C/C=C\C/C=C\C/C=C\C/C=C\CC(=O)OC(COC(=O)CCCCCCCC/C=C\C/C=C\C/C=C\CCCCC)COP(=O)(O)OCC(O)COP(=O)(O)OCC(COC(=O)CCCCCCC/C=C\CCCCCCCC)OC(=O)CCCCCCCCCCCCCCC. The third kappa shape index (κ3) is 74.0. The first-order valence-corrected chi connectivity index (χ1v) is 43.1. The lowest BCUT2D eigenvalue weighted by Gasteiger charge is -2.21. The molecule has 0 radical (unpaired) electrons. The van der Waals surface area contributed by atoms with Crippen molar-refractivity contribution in [2.24, 2.45) is 0 Å². The van der Waals surface area contributed by atoms with Gasteiger partial charge in [-0.25, -0.2) is 9.13 Å². The number of carbonyl (C=O) groups is 4. The Kier molecular flexibility index (Phi) is 71.8. The molecule has 0 aliphatic carbocycles. The van der Waals surface area contributed by atoms with Crippen molar-refractivity contribution in [1.82, 2.24) is 0 Å². The minimum Gasteiger partial charge on any atom is -0.462 e. The molecule has 0 bridgehead atoms. The first kappa shape index (κ1) is 97.7. The first-order valence-electron chi connectivity index (χ1n) is 40.1. The fraction of sp³-hybridized carbons (Fsp3) is 0.735. The second-order valence-electron chi connectivity index (χ2n) is 26.6. The highest BCUT2D eigenvalue weighted by Crippen LogP contribution is 2.45. The summed E-state index contributed by atoms with van der Waals surface area (Å²) >= 11 is 0. The summed E-state index contributed by atoms with van der Waals surface area (Å²) in [6.07, 6.45) is 81.0. The zero-order valence-electron chi connectivity index (χ0n) is 64.3. The Morgan fingerprint density at radius 2 is 0.549 bits per heavy atom. The third-order valence-corrected chi connectivity index (χ3v) is 18.7. The molecule has 19 heteroatoms. The summed E-state index contributed by atoms with van der Waals surface area (Å²) in [7, 11) is -9.99. The molecule has 0 heterocycles. The zero-order chi connectivity index (χ0) is 74.6. The predicted molar refractivity (Wildman–Crippen MR) is 418 cm³/mol. The van der Waals surface area contributed by atoms with Crippen LogP contribution in [0, 0.1) is 0 Å². The van der Waals surface area contributed by atoms with Gasteiger partial charge in [-0.3, -0.25) is 37.3 Å². The van der Waals surface area contributed by atoms with Gasteiger partial charge in [0.1, 0.15) is 19.3 Å². The van der Waals surface area contributed by atoms with Crippen LogP contribution in [0.1, 0.15) is 336 Å². The summed E-state index contributed by atoms with van der Waals surface area (Å²) in [5.41, 5.74) is 0. The maximum Gasteiger partial charge on any atom is 0.472 e. The van der Waals surface area contributed by atoms with E-state index in [-0.39, 0.29) is 25.7 Å². The largest absolute Gasteiger partial charge is 0.472 e. The van der Waals surface area contributed by atoms with Gasteiger partial charge in [-0.1, -0.05) is 304 Å². The van der Waals surface area contributed by atoms with Crippen LogP contribution in [-0.4, -0.2) is 96.7 Å². The van der Waals surface area contributed by atoms with Crippen molar-refractivity contribution in [3.05, 3.63) is 109 Å². The van der Waals surface area contributed by atoms with Crippen LogP contribution < -0.4 is 0 Å². The molecule has 588 valence electrons.